The number of nitrogens with one attached hydrogen (secondary N) is 2. The van der Waals surface area contributed by atoms with E-state index in [-0.39, 0.29) is 17.9 Å². The Balaban J connectivity index is 2.03. The van der Waals surface area contributed by atoms with E-state index in [0.717, 1.165) is 22.2 Å². The van der Waals surface area contributed by atoms with Crippen molar-refractivity contribution in [3.8, 4) is 6.07 Å². The zero-order valence-electron chi connectivity index (χ0n) is 14.6. The van der Waals surface area contributed by atoms with E-state index in [2.05, 4.69) is 38.2 Å². The van der Waals surface area contributed by atoms with Crippen molar-refractivity contribution in [1.29, 1.82) is 5.26 Å². The predicted molar refractivity (Wildman–Crippen MR) is 95.9 cm³/mol. The number of hydrogen-bond donors (Lipinski definition) is 2. The first-order valence-corrected chi connectivity index (χ1v) is 7.88. The van der Waals surface area contributed by atoms with E-state index in [1.165, 1.54) is 5.56 Å². The third-order valence-corrected chi connectivity index (χ3v) is 4.21. The van der Waals surface area contributed by atoms with Crippen LogP contribution in [0.1, 0.15) is 28.1 Å². The van der Waals surface area contributed by atoms with E-state index in [1.54, 1.807) is 6.92 Å². The maximum absolute atomic E-state index is 12.1. The van der Waals surface area contributed by atoms with Crippen LogP contribution >= 0.6 is 0 Å². The molecule has 3 rings (SSSR count). The number of anilines is 2. The zero-order valence-corrected chi connectivity index (χ0v) is 14.6. The smallest absolute Gasteiger partial charge is 0.256 e. The fourth-order valence-corrected chi connectivity index (χ4v) is 2.66. The summed E-state index contributed by atoms with van der Waals surface area (Å²) in [6, 6.07) is 6.06. The van der Waals surface area contributed by atoms with Gasteiger partial charge >= 0.3 is 0 Å². The van der Waals surface area contributed by atoms with Crippen LogP contribution in [0.3, 0.4) is 0 Å². The van der Waals surface area contributed by atoms with Gasteiger partial charge in [-0.15, -0.1) is 0 Å². The summed E-state index contributed by atoms with van der Waals surface area (Å²) in [5.41, 5.74) is 4.57. The molecule has 126 valence electrons. The lowest BCUT2D eigenvalue weighted by Crippen LogP contribution is -2.18. The van der Waals surface area contributed by atoms with Crippen LogP contribution in [0.5, 0.6) is 0 Å². The molecule has 0 spiro atoms. The topological polar surface area (TPSA) is 107 Å². The van der Waals surface area contributed by atoms with Gasteiger partial charge in [-0.3, -0.25) is 15.1 Å². The molecule has 0 unspecified atom stereocenters. The molecule has 2 aromatic heterocycles. The molecule has 7 heteroatoms. The first-order valence-electron chi connectivity index (χ1n) is 7.88. The Morgan fingerprint density at radius 3 is 2.48 bits per heavy atom. The highest BCUT2D eigenvalue weighted by atomic mass is 16.1. The maximum atomic E-state index is 12.1. The summed E-state index contributed by atoms with van der Waals surface area (Å²) in [7, 11) is 0. The number of nitrogens with zero attached hydrogens (tertiary/aromatic N) is 4. The molecular formula is C18H18N6O. The van der Waals surface area contributed by atoms with Gasteiger partial charge < -0.3 is 0 Å². The van der Waals surface area contributed by atoms with E-state index >= 15 is 0 Å². The molecule has 2 N–H and O–H groups in total. The van der Waals surface area contributed by atoms with E-state index < -0.39 is 0 Å². The maximum Gasteiger partial charge on any atom is 0.256 e. The Labute approximate surface area is 144 Å². The third-order valence-electron chi connectivity index (χ3n) is 4.21. The number of aromatic nitrogens is 4. The Morgan fingerprint density at radius 2 is 1.80 bits per heavy atom. The average molecular weight is 334 g/mol. The van der Waals surface area contributed by atoms with Crippen molar-refractivity contribution in [2.45, 2.75) is 34.1 Å². The van der Waals surface area contributed by atoms with Crippen LogP contribution in [0.25, 0.3) is 10.9 Å². The van der Waals surface area contributed by atoms with Crippen LogP contribution in [0, 0.1) is 39.0 Å². The molecule has 0 radical (unpaired) electrons. The van der Waals surface area contributed by atoms with Crippen molar-refractivity contribution in [3.05, 3.63) is 50.6 Å². The standard InChI is InChI=1S/C18H18N6O/c1-9-7-14-12(4)21-17(22-15(14)8-10(9)2)24-18-20-11(3)13(5-6-19)16(25)23-18/h7-8H,5H2,1-4H3,(H2,20,21,22,23,24,25). The number of aryl methyl sites for hydroxylation is 4. The Bertz CT molecular complexity index is 1080. The zero-order chi connectivity index (χ0) is 18.1. The molecule has 0 fully saturated rings. The van der Waals surface area contributed by atoms with Gasteiger partial charge in [-0.1, -0.05) is 0 Å². The van der Waals surface area contributed by atoms with Gasteiger partial charge in [0.15, 0.2) is 0 Å². The van der Waals surface area contributed by atoms with Crippen LogP contribution in [-0.4, -0.2) is 19.9 Å². The van der Waals surface area contributed by atoms with E-state index in [1.807, 2.05) is 26.0 Å². The van der Waals surface area contributed by atoms with Crippen molar-refractivity contribution >= 4 is 22.8 Å². The van der Waals surface area contributed by atoms with Gasteiger partial charge in [-0.25, -0.2) is 15.0 Å². The number of nitriles is 1. The molecular weight excluding hydrogens is 316 g/mol. The second kappa shape index (κ2) is 6.32. The minimum absolute atomic E-state index is 0.0264. The molecule has 7 nitrogen and oxygen atoms in total. The van der Waals surface area contributed by atoms with Gasteiger partial charge in [-0.2, -0.15) is 5.26 Å². The molecule has 3 aromatic rings. The summed E-state index contributed by atoms with van der Waals surface area (Å²) in [4.78, 5) is 28.0. The summed E-state index contributed by atoms with van der Waals surface area (Å²) < 4.78 is 0. The summed E-state index contributed by atoms with van der Waals surface area (Å²) >= 11 is 0. The number of aromatic amines is 1. The summed E-state index contributed by atoms with van der Waals surface area (Å²) in [6.07, 6.45) is 0.0264. The van der Waals surface area contributed by atoms with Gasteiger partial charge in [0, 0.05) is 5.39 Å². The number of fused-ring (bicyclic) bond motifs is 1. The summed E-state index contributed by atoms with van der Waals surface area (Å²) in [5, 5.41) is 12.7. The van der Waals surface area contributed by atoms with Gasteiger partial charge in [0.1, 0.15) is 0 Å². The molecule has 1 aromatic carbocycles. The highest BCUT2D eigenvalue weighted by Crippen LogP contribution is 2.22. The molecule has 25 heavy (non-hydrogen) atoms. The van der Waals surface area contributed by atoms with E-state index in [4.69, 9.17) is 5.26 Å². The largest absolute Gasteiger partial charge is 0.294 e. The van der Waals surface area contributed by atoms with Crippen molar-refractivity contribution < 1.29 is 0 Å². The number of benzene rings is 1. The lowest BCUT2D eigenvalue weighted by Gasteiger charge is -2.10. The summed E-state index contributed by atoms with van der Waals surface area (Å²) in [6.45, 7) is 7.71. The lowest BCUT2D eigenvalue weighted by molar-refractivity contribution is 0.991. The molecule has 0 saturated carbocycles. The fourth-order valence-electron chi connectivity index (χ4n) is 2.66. The fraction of sp³-hybridized carbons (Fsp3) is 0.278. The normalized spacial score (nSPS) is 10.7. The van der Waals surface area contributed by atoms with Gasteiger partial charge in [-0.05, 0) is 51.0 Å². The second-order valence-electron chi connectivity index (χ2n) is 6.02. The number of H-pyrrole nitrogens is 1. The lowest BCUT2D eigenvalue weighted by atomic mass is 10.1. The van der Waals surface area contributed by atoms with Crippen LogP contribution in [0.15, 0.2) is 16.9 Å². The van der Waals surface area contributed by atoms with Gasteiger partial charge in [0.25, 0.3) is 5.56 Å². The Morgan fingerprint density at radius 1 is 1.08 bits per heavy atom. The minimum atomic E-state index is -0.333. The van der Waals surface area contributed by atoms with Crippen LogP contribution in [0.4, 0.5) is 11.9 Å². The third kappa shape index (κ3) is 3.19. The molecule has 0 saturated heterocycles. The highest BCUT2D eigenvalue weighted by Gasteiger charge is 2.11. The molecule has 0 atom stereocenters. The second-order valence-corrected chi connectivity index (χ2v) is 6.02. The van der Waals surface area contributed by atoms with Crippen LogP contribution in [-0.2, 0) is 6.42 Å². The monoisotopic (exact) mass is 334 g/mol. The van der Waals surface area contributed by atoms with Crippen LogP contribution < -0.4 is 10.9 Å². The first-order chi connectivity index (χ1) is 11.9. The highest BCUT2D eigenvalue weighted by molar-refractivity contribution is 5.83. The molecule has 0 aliphatic rings. The molecule has 0 aliphatic carbocycles. The number of rotatable bonds is 3. The Kier molecular flexibility index (Phi) is 4.19. The van der Waals surface area contributed by atoms with Crippen molar-refractivity contribution in [3.63, 3.8) is 0 Å². The van der Waals surface area contributed by atoms with E-state index in [9.17, 15) is 4.79 Å². The van der Waals surface area contributed by atoms with Gasteiger partial charge in [0.05, 0.1) is 35.0 Å². The predicted octanol–water partition coefficient (Wildman–Crippen LogP) is 2.76. The quantitative estimate of drug-likeness (QED) is 0.762. The molecule has 0 amide bonds. The van der Waals surface area contributed by atoms with Crippen molar-refractivity contribution in [1.82, 2.24) is 19.9 Å². The van der Waals surface area contributed by atoms with Crippen LogP contribution in [0.2, 0.25) is 0 Å². The number of hydrogen-bond acceptors (Lipinski definition) is 6. The van der Waals surface area contributed by atoms with Crippen molar-refractivity contribution in [2.75, 3.05) is 5.32 Å². The molecule has 0 aliphatic heterocycles. The molecule has 2 heterocycles. The SMILES string of the molecule is Cc1cc2nc(Nc3nc(C)c(CC#N)c(=O)[nH]3)nc(C)c2cc1C. The summed E-state index contributed by atoms with van der Waals surface area (Å²) in [5.74, 6) is 0.621. The minimum Gasteiger partial charge on any atom is -0.294 e. The van der Waals surface area contributed by atoms with Gasteiger partial charge in [0.2, 0.25) is 11.9 Å². The van der Waals surface area contributed by atoms with E-state index in [0.29, 0.717) is 17.2 Å². The average Bonchev–Trinajstić information content (AvgIpc) is 2.53. The van der Waals surface area contributed by atoms with Crippen molar-refractivity contribution in [2.24, 2.45) is 0 Å². The Hall–Kier alpha value is -3.27. The first kappa shape index (κ1) is 16.6. The molecule has 0 bridgehead atoms.